The van der Waals surface area contributed by atoms with Gasteiger partial charge in [0.1, 0.15) is 0 Å². The number of ether oxygens (including phenoxy) is 1. The maximum atomic E-state index is 13.2. The Bertz CT molecular complexity index is 1210. The number of hydrogen-bond acceptors (Lipinski definition) is 5. The first-order valence-electron chi connectivity index (χ1n) is 14.8. The number of halogens is 3. The number of alkyl halides is 3. The van der Waals surface area contributed by atoms with Gasteiger partial charge in [0, 0.05) is 38.6 Å². The standard InChI is InChI=1S/C33H43F3N2O4/c1-37(2)20-24-7-9-27(10-8-24)32(41)15-13-23(14-16-32)17-25-18-29(22-42-3)38(21-25)31(40)12-11-30(39)26-5-4-6-28(19-26)33(34,35)36/h4-10,19,23,25,29,41H,11-18,20-22H2,1-3H3/t23?,25-,29-,32?/m0/s1. The Morgan fingerprint density at radius 1 is 1.05 bits per heavy atom. The smallest absolute Gasteiger partial charge is 0.385 e. The summed E-state index contributed by atoms with van der Waals surface area (Å²) in [6.07, 6.45) is 0.308. The van der Waals surface area contributed by atoms with Crippen molar-refractivity contribution in [3.63, 3.8) is 0 Å². The van der Waals surface area contributed by atoms with Crippen molar-refractivity contribution < 1.29 is 32.6 Å². The molecule has 0 radical (unpaired) electrons. The predicted octanol–water partition coefficient (Wildman–Crippen LogP) is 6.06. The van der Waals surface area contributed by atoms with Crippen LogP contribution in [0.15, 0.2) is 48.5 Å². The number of aliphatic hydroxyl groups is 1. The molecule has 9 heteroatoms. The van der Waals surface area contributed by atoms with Gasteiger partial charge in [-0.25, -0.2) is 0 Å². The van der Waals surface area contributed by atoms with Crippen molar-refractivity contribution in [3.8, 4) is 0 Å². The molecule has 2 aromatic carbocycles. The Kier molecular flexibility index (Phi) is 10.5. The lowest BCUT2D eigenvalue weighted by Gasteiger charge is -2.37. The minimum atomic E-state index is -4.53. The van der Waals surface area contributed by atoms with Crippen LogP contribution in [0.3, 0.4) is 0 Å². The van der Waals surface area contributed by atoms with Crippen LogP contribution in [0.1, 0.15) is 78.4 Å². The van der Waals surface area contributed by atoms with Gasteiger partial charge in [0.15, 0.2) is 5.78 Å². The first-order chi connectivity index (χ1) is 19.9. The van der Waals surface area contributed by atoms with Gasteiger partial charge in [0.05, 0.1) is 23.8 Å². The number of hydrogen-bond donors (Lipinski definition) is 1. The molecule has 1 aliphatic carbocycles. The van der Waals surface area contributed by atoms with E-state index in [1.807, 2.05) is 26.2 Å². The molecule has 2 aliphatic rings. The van der Waals surface area contributed by atoms with Gasteiger partial charge < -0.3 is 19.6 Å². The van der Waals surface area contributed by atoms with E-state index in [4.69, 9.17) is 4.74 Å². The van der Waals surface area contributed by atoms with Crippen molar-refractivity contribution in [3.05, 3.63) is 70.8 Å². The van der Waals surface area contributed by atoms with Crippen LogP contribution < -0.4 is 0 Å². The summed E-state index contributed by atoms with van der Waals surface area (Å²) in [5.41, 5.74) is 0.469. The maximum absolute atomic E-state index is 13.2. The zero-order valence-electron chi connectivity index (χ0n) is 24.8. The summed E-state index contributed by atoms with van der Waals surface area (Å²) in [5.74, 6) is 0.116. The Hall–Kier alpha value is -2.75. The van der Waals surface area contributed by atoms with E-state index in [-0.39, 0.29) is 30.4 Å². The van der Waals surface area contributed by atoms with E-state index in [1.54, 1.807) is 12.0 Å². The van der Waals surface area contributed by atoms with E-state index in [1.165, 1.54) is 17.7 Å². The molecule has 0 bridgehead atoms. The summed E-state index contributed by atoms with van der Waals surface area (Å²) in [5, 5.41) is 11.4. The van der Waals surface area contributed by atoms with Crippen molar-refractivity contribution in [1.29, 1.82) is 0 Å². The second kappa shape index (κ2) is 13.7. The van der Waals surface area contributed by atoms with Crippen molar-refractivity contribution >= 4 is 11.7 Å². The van der Waals surface area contributed by atoms with Crippen molar-refractivity contribution in [2.45, 2.75) is 75.7 Å². The van der Waals surface area contributed by atoms with Gasteiger partial charge in [-0.05, 0) is 87.7 Å². The van der Waals surface area contributed by atoms with E-state index in [2.05, 4.69) is 17.0 Å². The van der Waals surface area contributed by atoms with Crippen LogP contribution in [0.2, 0.25) is 0 Å². The van der Waals surface area contributed by atoms with E-state index in [9.17, 15) is 27.9 Å². The number of benzene rings is 2. The second-order valence-corrected chi connectivity index (χ2v) is 12.4. The molecule has 2 atom stereocenters. The fourth-order valence-electron chi connectivity index (χ4n) is 6.65. The highest BCUT2D eigenvalue weighted by atomic mass is 19.4. The minimum absolute atomic E-state index is 0.0351. The van der Waals surface area contributed by atoms with E-state index in [0.29, 0.717) is 37.8 Å². The molecular formula is C33H43F3N2O4. The Labute approximate surface area is 246 Å². The molecule has 1 N–H and O–H groups in total. The van der Waals surface area contributed by atoms with Gasteiger partial charge in [-0.2, -0.15) is 13.2 Å². The molecule has 1 saturated carbocycles. The summed E-state index contributed by atoms with van der Waals surface area (Å²) in [6, 6.07) is 12.5. The summed E-state index contributed by atoms with van der Waals surface area (Å²) in [4.78, 5) is 29.7. The Morgan fingerprint density at radius 2 is 1.74 bits per heavy atom. The first kappa shape index (κ1) is 32.2. The number of methoxy groups -OCH3 is 1. The lowest BCUT2D eigenvalue weighted by molar-refractivity contribution is -0.137. The van der Waals surface area contributed by atoms with Gasteiger partial charge >= 0.3 is 6.18 Å². The summed E-state index contributed by atoms with van der Waals surface area (Å²) in [7, 11) is 5.67. The quantitative estimate of drug-likeness (QED) is 0.323. The highest BCUT2D eigenvalue weighted by molar-refractivity contribution is 5.98. The van der Waals surface area contributed by atoms with Crippen LogP contribution >= 0.6 is 0 Å². The van der Waals surface area contributed by atoms with Gasteiger partial charge in [-0.1, -0.05) is 36.4 Å². The number of rotatable bonds is 11. The molecule has 4 rings (SSSR count). The molecule has 1 heterocycles. The highest BCUT2D eigenvalue weighted by Gasteiger charge is 2.39. The zero-order valence-corrected chi connectivity index (χ0v) is 24.8. The average molecular weight is 589 g/mol. The molecular weight excluding hydrogens is 545 g/mol. The van der Waals surface area contributed by atoms with Gasteiger partial charge in [0.25, 0.3) is 0 Å². The Balaban J connectivity index is 1.29. The third kappa shape index (κ3) is 8.20. The molecule has 0 spiro atoms. The maximum Gasteiger partial charge on any atom is 0.416 e. The van der Waals surface area contributed by atoms with Crippen LogP contribution in [0.25, 0.3) is 0 Å². The summed E-state index contributed by atoms with van der Waals surface area (Å²) >= 11 is 0. The van der Waals surface area contributed by atoms with E-state index in [0.717, 1.165) is 49.9 Å². The van der Waals surface area contributed by atoms with Crippen LogP contribution in [0, 0.1) is 11.8 Å². The van der Waals surface area contributed by atoms with Crippen LogP contribution in [0.4, 0.5) is 13.2 Å². The average Bonchev–Trinajstić information content (AvgIpc) is 3.35. The van der Waals surface area contributed by atoms with Crippen LogP contribution in [-0.2, 0) is 27.9 Å². The zero-order chi connectivity index (χ0) is 30.5. The molecule has 2 aromatic rings. The fraction of sp³-hybridized carbons (Fsp3) is 0.576. The number of likely N-dealkylation sites (tertiary alicyclic amines) is 1. The lowest BCUT2D eigenvalue weighted by atomic mass is 9.72. The molecule has 6 nitrogen and oxygen atoms in total. The first-order valence-corrected chi connectivity index (χ1v) is 14.8. The van der Waals surface area contributed by atoms with Gasteiger partial charge in [0.2, 0.25) is 5.91 Å². The lowest BCUT2D eigenvalue weighted by Crippen LogP contribution is -2.38. The second-order valence-electron chi connectivity index (χ2n) is 12.4. The Morgan fingerprint density at radius 3 is 2.36 bits per heavy atom. The van der Waals surface area contributed by atoms with Crippen molar-refractivity contribution in [1.82, 2.24) is 9.80 Å². The molecule has 1 amide bonds. The number of ketones is 1. The third-order valence-corrected chi connectivity index (χ3v) is 8.85. The van der Waals surface area contributed by atoms with Crippen molar-refractivity contribution in [2.75, 3.05) is 34.4 Å². The molecule has 1 aliphatic heterocycles. The minimum Gasteiger partial charge on any atom is -0.385 e. The monoisotopic (exact) mass is 588 g/mol. The number of nitrogens with zero attached hydrogens (tertiary/aromatic N) is 2. The summed E-state index contributed by atoms with van der Waals surface area (Å²) < 4.78 is 44.5. The van der Waals surface area contributed by atoms with Crippen molar-refractivity contribution in [2.24, 2.45) is 11.8 Å². The third-order valence-electron chi connectivity index (χ3n) is 8.85. The predicted molar refractivity (Wildman–Crippen MR) is 155 cm³/mol. The molecule has 1 saturated heterocycles. The molecule has 230 valence electrons. The summed E-state index contributed by atoms with van der Waals surface area (Å²) in [6.45, 7) is 1.84. The van der Waals surface area contributed by atoms with Gasteiger partial charge in [-0.3, -0.25) is 9.59 Å². The molecule has 0 aromatic heterocycles. The number of carbonyl (C=O) groups excluding carboxylic acids is 2. The van der Waals surface area contributed by atoms with Crippen LogP contribution in [0.5, 0.6) is 0 Å². The van der Waals surface area contributed by atoms with E-state index >= 15 is 0 Å². The number of amides is 1. The largest absolute Gasteiger partial charge is 0.416 e. The van der Waals surface area contributed by atoms with E-state index < -0.39 is 23.1 Å². The number of carbonyl (C=O) groups is 2. The highest BCUT2D eigenvalue weighted by Crippen LogP contribution is 2.43. The van der Waals surface area contributed by atoms with Crippen LogP contribution in [-0.4, -0.2) is 67.0 Å². The fourth-order valence-corrected chi connectivity index (χ4v) is 6.65. The number of Topliss-reactive ketones (excluding diaryl/α,β-unsaturated/α-hetero) is 1. The SMILES string of the molecule is COC[C@@H]1C[C@H](CC2CCC(O)(c3ccc(CN(C)C)cc3)CC2)CN1C(=O)CCC(=O)c1cccc(C(F)(F)F)c1. The molecule has 42 heavy (non-hydrogen) atoms. The normalized spacial score (nSPS) is 24.8. The van der Waals surface area contributed by atoms with Gasteiger partial charge in [-0.15, -0.1) is 0 Å². The molecule has 2 fully saturated rings. The molecule has 0 unspecified atom stereocenters. The topological polar surface area (TPSA) is 70.1 Å².